The molecule has 1 saturated carbocycles. The zero-order valence-corrected chi connectivity index (χ0v) is 11.6. The largest absolute Gasteiger partial charge is 0.393 e. The van der Waals surface area contributed by atoms with E-state index >= 15 is 0 Å². The zero-order chi connectivity index (χ0) is 12.6. The molecule has 104 valence electrons. The van der Waals surface area contributed by atoms with Gasteiger partial charge >= 0.3 is 0 Å². The van der Waals surface area contributed by atoms with Gasteiger partial charge in [0.05, 0.1) is 17.8 Å². The van der Waals surface area contributed by atoms with Gasteiger partial charge in [-0.3, -0.25) is 0 Å². The highest BCUT2D eigenvalue weighted by Gasteiger charge is 2.42. The van der Waals surface area contributed by atoms with Gasteiger partial charge < -0.3 is 14.7 Å². The lowest BCUT2D eigenvalue weighted by molar-refractivity contribution is -0.0460. The summed E-state index contributed by atoms with van der Waals surface area (Å²) in [6.45, 7) is 5.21. The Labute approximate surface area is 110 Å². The van der Waals surface area contributed by atoms with Crippen molar-refractivity contribution in [2.24, 2.45) is 5.92 Å². The van der Waals surface area contributed by atoms with Gasteiger partial charge in [0.2, 0.25) is 0 Å². The molecule has 3 nitrogen and oxygen atoms in total. The van der Waals surface area contributed by atoms with Crippen molar-refractivity contribution in [3.63, 3.8) is 0 Å². The summed E-state index contributed by atoms with van der Waals surface area (Å²) in [5, 5.41) is 9.64. The predicted molar refractivity (Wildman–Crippen MR) is 71.5 cm³/mol. The van der Waals surface area contributed by atoms with Crippen molar-refractivity contribution in [3.8, 4) is 0 Å². The van der Waals surface area contributed by atoms with Crippen LogP contribution in [0.25, 0.3) is 0 Å². The Kier molecular flexibility index (Phi) is 3.65. The molecule has 3 heteroatoms. The number of aliphatic hydroxyl groups is 1. The summed E-state index contributed by atoms with van der Waals surface area (Å²) in [4.78, 5) is 2.50. The average Bonchev–Trinajstić information content (AvgIpc) is 3.03. The Morgan fingerprint density at radius 2 is 2.06 bits per heavy atom. The minimum absolute atomic E-state index is 0.152. The van der Waals surface area contributed by atoms with E-state index in [4.69, 9.17) is 4.74 Å². The smallest absolute Gasteiger partial charge is 0.0710 e. The SMILES string of the molecule is CC(O)C1CCN(CC2CCC3(CCCC3)O2)C1. The monoisotopic (exact) mass is 253 g/mol. The Bertz CT molecular complexity index is 286. The third-order valence-corrected chi connectivity index (χ3v) is 5.31. The van der Waals surface area contributed by atoms with Crippen LogP contribution in [0.4, 0.5) is 0 Å². The normalized spacial score (nSPS) is 37.7. The van der Waals surface area contributed by atoms with Crippen LogP contribution in [0.3, 0.4) is 0 Å². The summed E-state index contributed by atoms with van der Waals surface area (Å²) < 4.78 is 6.36. The molecule has 3 unspecified atom stereocenters. The molecule has 0 aromatic rings. The second kappa shape index (κ2) is 5.10. The van der Waals surface area contributed by atoms with Gasteiger partial charge in [0, 0.05) is 13.1 Å². The van der Waals surface area contributed by atoms with Crippen LogP contribution in [0.15, 0.2) is 0 Å². The van der Waals surface area contributed by atoms with Crippen molar-refractivity contribution in [2.75, 3.05) is 19.6 Å². The molecule has 0 bridgehead atoms. The summed E-state index contributed by atoms with van der Waals surface area (Å²) in [6, 6.07) is 0. The van der Waals surface area contributed by atoms with Gasteiger partial charge in [0.1, 0.15) is 0 Å². The standard InChI is InChI=1S/C15H27NO2/c1-12(17)13-5-9-16(10-13)11-14-4-8-15(18-14)6-2-3-7-15/h12-14,17H,2-11H2,1H3. The number of hydrogen-bond acceptors (Lipinski definition) is 3. The molecule has 3 fully saturated rings. The quantitative estimate of drug-likeness (QED) is 0.837. The molecule has 18 heavy (non-hydrogen) atoms. The van der Waals surface area contributed by atoms with Gasteiger partial charge in [-0.15, -0.1) is 0 Å². The lowest BCUT2D eigenvalue weighted by Crippen LogP contribution is -2.34. The molecule has 2 aliphatic heterocycles. The van der Waals surface area contributed by atoms with Crippen molar-refractivity contribution < 1.29 is 9.84 Å². The molecular formula is C15H27NO2. The highest BCUT2D eigenvalue weighted by Crippen LogP contribution is 2.43. The average molecular weight is 253 g/mol. The fourth-order valence-electron chi connectivity index (χ4n) is 4.12. The topological polar surface area (TPSA) is 32.7 Å². The number of rotatable bonds is 3. The first-order valence-corrected chi connectivity index (χ1v) is 7.75. The molecule has 0 aromatic heterocycles. The number of likely N-dealkylation sites (tertiary alicyclic amines) is 1. The van der Waals surface area contributed by atoms with E-state index in [-0.39, 0.29) is 11.7 Å². The molecule has 0 aromatic carbocycles. The summed E-state index contributed by atoms with van der Waals surface area (Å²) in [6.07, 6.45) is 9.29. The molecule has 3 aliphatic rings. The van der Waals surface area contributed by atoms with Gasteiger partial charge in [0.15, 0.2) is 0 Å². The molecule has 3 rings (SSSR count). The van der Waals surface area contributed by atoms with Gasteiger partial charge in [-0.1, -0.05) is 12.8 Å². The van der Waals surface area contributed by atoms with E-state index in [9.17, 15) is 5.11 Å². The molecule has 3 atom stereocenters. The second-order valence-corrected chi connectivity index (χ2v) is 6.72. The fourth-order valence-corrected chi connectivity index (χ4v) is 4.12. The third-order valence-electron chi connectivity index (χ3n) is 5.31. The van der Waals surface area contributed by atoms with Crippen LogP contribution in [0, 0.1) is 5.92 Å². The van der Waals surface area contributed by atoms with Crippen LogP contribution < -0.4 is 0 Å². The summed E-state index contributed by atoms with van der Waals surface area (Å²) in [5.74, 6) is 0.479. The van der Waals surface area contributed by atoms with Crippen LogP contribution in [-0.4, -0.2) is 47.4 Å². The molecule has 1 aliphatic carbocycles. The zero-order valence-electron chi connectivity index (χ0n) is 11.6. The molecule has 2 heterocycles. The van der Waals surface area contributed by atoms with E-state index in [0.29, 0.717) is 12.0 Å². The summed E-state index contributed by atoms with van der Waals surface area (Å²) >= 11 is 0. The number of ether oxygens (including phenoxy) is 1. The van der Waals surface area contributed by atoms with E-state index in [1.807, 2.05) is 6.92 Å². The molecule has 1 spiro atoms. The van der Waals surface area contributed by atoms with E-state index in [2.05, 4.69) is 4.90 Å². The molecule has 1 N–H and O–H groups in total. The minimum atomic E-state index is -0.152. The second-order valence-electron chi connectivity index (χ2n) is 6.72. The van der Waals surface area contributed by atoms with Crippen LogP contribution in [0.1, 0.15) is 51.9 Å². The van der Waals surface area contributed by atoms with Crippen LogP contribution in [0.5, 0.6) is 0 Å². The third kappa shape index (κ3) is 2.59. The van der Waals surface area contributed by atoms with Crippen molar-refractivity contribution in [1.82, 2.24) is 4.90 Å². The minimum Gasteiger partial charge on any atom is -0.393 e. The Morgan fingerprint density at radius 1 is 1.28 bits per heavy atom. The first-order chi connectivity index (χ1) is 8.67. The highest BCUT2D eigenvalue weighted by molar-refractivity contribution is 4.94. The fraction of sp³-hybridized carbons (Fsp3) is 1.00. The van der Waals surface area contributed by atoms with E-state index in [1.165, 1.54) is 38.5 Å². The van der Waals surface area contributed by atoms with Gasteiger partial charge in [-0.05, 0) is 51.5 Å². The van der Waals surface area contributed by atoms with Crippen molar-refractivity contribution in [1.29, 1.82) is 0 Å². The van der Waals surface area contributed by atoms with E-state index in [0.717, 1.165) is 26.1 Å². The van der Waals surface area contributed by atoms with Gasteiger partial charge in [0.25, 0.3) is 0 Å². The predicted octanol–water partition coefficient (Wildman–Crippen LogP) is 2.18. The highest BCUT2D eigenvalue weighted by atomic mass is 16.5. The Morgan fingerprint density at radius 3 is 2.72 bits per heavy atom. The summed E-state index contributed by atoms with van der Waals surface area (Å²) in [5.41, 5.74) is 0.272. The number of nitrogens with zero attached hydrogens (tertiary/aromatic N) is 1. The van der Waals surface area contributed by atoms with Crippen molar-refractivity contribution in [3.05, 3.63) is 0 Å². The number of hydrogen-bond donors (Lipinski definition) is 1. The van der Waals surface area contributed by atoms with Crippen molar-refractivity contribution >= 4 is 0 Å². The molecular weight excluding hydrogens is 226 g/mol. The molecule has 2 saturated heterocycles. The maximum absolute atomic E-state index is 9.64. The van der Waals surface area contributed by atoms with Crippen molar-refractivity contribution in [2.45, 2.75) is 69.7 Å². The number of aliphatic hydroxyl groups excluding tert-OH is 1. The van der Waals surface area contributed by atoms with Crippen LogP contribution >= 0.6 is 0 Å². The van der Waals surface area contributed by atoms with E-state index in [1.54, 1.807) is 0 Å². The molecule has 0 amide bonds. The maximum atomic E-state index is 9.64. The summed E-state index contributed by atoms with van der Waals surface area (Å²) in [7, 11) is 0. The lowest BCUT2D eigenvalue weighted by Gasteiger charge is -2.26. The Hall–Kier alpha value is -0.120. The first kappa shape index (κ1) is 12.9. The Balaban J connectivity index is 1.47. The lowest BCUT2D eigenvalue weighted by atomic mass is 9.98. The van der Waals surface area contributed by atoms with E-state index < -0.39 is 0 Å². The maximum Gasteiger partial charge on any atom is 0.0710 e. The molecule has 0 radical (unpaired) electrons. The first-order valence-electron chi connectivity index (χ1n) is 7.75. The van der Waals surface area contributed by atoms with Gasteiger partial charge in [-0.2, -0.15) is 0 Å². The van der Waals surface area contributed by atoms with Crippen LogP contribution in [0.2, 0.25) is 0 Å². The van der Waals surface area contributed by atoms with Crippen LogP contribution in [-0.2, 0) is 4.74 Å². The van der Waals surface area contributed by atoms with Gasteiger partial charge in [-0.25, -0.2) is 0 Å².